The van der Waals surface area contributed by atoms with E-state index in [0.29, 0.717) is 19.8 Å². The first-order valence-electron chi connectivity index (χ1n) is 5.24. The molecule has 2 N–H and O–H groups in total. The number of hydrogen-bond acceptors (Lipinski definition) is 3. The third kappa shape index (κ3) is 1.79. The molecule has 1 aliphatic rings. The molecule has 15 heavy (non-hydrogen) atoms. The summed E-state index contributed by atoms with van der Waals surface area (Å²) in [7, 11) is 0. The normalized spacial score (nSPS) is 17.0. The molecule has 0 amide bonds. The van der Waals surface area contributed by atoms with Crippen LogP contribution in [-0.2, 0) is 5.41 Å². The molecule has 0 aromatic heterocycles. The van der Waals surface area contributed by atoms with Crippen molar-refractivity contribution in [3.8, 4) is 11.5 Å². The number of rotatable bonds is 3. The predicted octanol–water partition coefficient (Wildman–Crippen LogP) is 1.69. The standard InChI is InChI=1S/C12H17NO2/c1-12(2)8-15-11-9(12)4-3-5-10(11)14-7-6-13/h3-5H,6-8,13H2,1-2H3. The molecule has 2 rings (SSSR count). The predicted molar refractivity (Wildman–Crippen MR) is 59.5 cm³/mol. The van der Waals surface area contributed by atoms with Gasteiger partial charge >= 0.3 is 0 Å². The van der Waals surface area contributed by atoms with Crippen LogP contribution in [0.2, 0.25) is 0 Å². The van der Waals surface area contributed by atoms with Crippen molar-refractivity contribution in [2.45, 2.75) is 19.3 Å². The van der Waals surface area contributed by atoms with Gasteiger partial charge in [0.05, 0.1) is 6.61 Å². The molecule has 0 fully saturated rings. The van der Waals surface area contributed by atoms with Gasteiger partial charge in [-0.05, 0) is 6.07 Å². The van der Waals surface area contributed by atoms with Crippen LogP contribution in [0.3, 0.4) is 0 Å². The number of ether oxygens (including phenoxy) is 2. The van der Waals surface area contributed by atoms with Crippen LogP contribution in [0.25, 0.3) is 0 Å². The van der Waals surface area contributed by atoms with Gasteiger partial charge in [0.15, 0.2) is 11.5 Å². The molecule has 0 radical (unpaired) electrons. The van der Waals surface area contributed by atoms with Gasteiger partial charge < -0.3 is 15.2 Å². The van der Waals surface area contributed by atoms with Crippen LogP contribution >= 0.6 is 0 Å². The molecule has 0 atom stereocenters. The van der Waals surface area contributed by atoms with Gasteiger partial charge in [0.2, 0.25) is 0 Å². The molecule has 1 heterocycles. The van der Waals surface area contributed by atoms with E-state index in [1.54, 1.807) is 0 Å². The van der Waals surface area contributed by atoms with Crippen molar-refractivity contribution in [2.75, 3.05) is 19.8 Å². The Morgan fingerprint density at radius 2 is 2.27 bits per heavy atom. The summed E-state index contributed by atoms with van der Waals surface area (Å²) in [5.41, 5.74) is 6.71. The highest BCUT2D eigenvalue weighted by Crippen LogP contribution is 2.43. The Morgan fingerprint density at radius 3 is 3.00 bits per heavy atom. The Balaban J connectivity index is 2.32. The van der Waals surface area contributed by atoms with Gasteiger partial charge in [0.1, 0.15) is 6.61 Å². The molecular weight excluding hydrogens is 190 g/mol. The first-order chi connectivity index (χ1) is 7.15. The number of nitrogens with two attached hydrogens (primary N) is 1. The lowest BCUT2D eigenvalue weighted by Crippen LogP contribution is -2.18. The molecule has 0 aliphatic carbocycles. The smallest absolute Gasteiger partial charge is 0.165 e. The minimum Gasteiger partial charge on any atom is -0.488 e. The second-order valence-corrected chi connectivity index (χ2v) is 4.44. The highest BCUT2D eigenvalue weighted by atomic mass is 16.5. The maximum absolute atomic E-state index is 5.68. The lowest BCUT2D eigenvalue weighted by molar-refractivity contribution is 0.266. The molecule has 0 bridgehead atoms. The van der Waals surface area contributed by atoms with Crippen molar-refractivity contribution < 1.29 is 9.47 Å². The van der Waals surface area contributed by atoms with Crippen molar-refractivity contribution in [1.29, 1.82) is 0 Å². The fourth-order valence-electron chi connectivity index (χ4n) is 1.81. The average Bonchev–Trinajstić information content (AvgIpc) is 2.53. The average molecular weight is 207 g/mol. The molecular formula is C12H17NO2. The first kappa shape index (κ1) is 10.3. The largest absolute Gasteiger partial charge is 0.488 e. The van der Waals surface area contributed by atoms with E-state index in [9.17, 15) is 0 Å². The highest BCUT2D eigenvalue weighted by molar-refractivity contribution is 5.52. The lowest BCUT2D eigenvalue weighted by atomic mass is 9.87. The van der Waals surface area contributed by atoms with Crippen molar-refractivity contribution in [3.63, 3.8) is 0 Å². The van der Waals surface area contributed by atoms with E-state index in [1.165, 1.54) is 5.56 Å². The molecule has 3 heteroatoms. The Kier molecular flexibility index (Phi) is 2.57. The minimum atomic E-state index is 0.0808. The summed E-state index contributed by atoms with van der Waals surface area (Å²) in [6, 6.07) is 6.02. The lowest BCUT2D eigenvalue weighted by Gasteiger charge is -2.15. The monoisotopic (exact) mass is 207 g/mol. The van der Waals surface area contributed by atoms with E-state index in [0.717, 1.165) is 11.5 Å². The van der Waals surface area contributed by atoms with Gasteiger partial charge in [0.25, 0.3) is 0 Å². The van der Waals surface area contributed by atoms with E-state index in [2.05, 4.69) is 19.9 Å². The molecule has 0 spiro atoms. The summed E-state index contributed by atoms with van der Waals surface area (Å²) in [5, 5.41) is 0. The van der Waals surface area contributed by atoms with Gasteiger partial charge in [-0.3, -0.25) is 0 Å². The van der Waals surface area contributed by atoms with Gasteiger partial charge in [-0.25, -0.2) is 0 Å². The fraction of sp³-hybridized carbons (Fsp3) is 0.500. The maximum atomic E-state index is 5.68. The summed E-state index contributed by atoms with van der Waals surface area (Å²) in [4.78, 5) is 0. The molecule has 0 unspecified atom stereocenters. The van der Waals surface area contributed by atoms with E-state index in [4.69, 9.17) is 15.2 Å². The van der Waals surface area contributed by atoms with Gasteiger partial charge in [0, 0.05) is 17.5 Å². The summed E-state index contributed by atoms with van der Waals surface area (Å²) in [6.45, 7) is 6.11. The SMILES string of the molecule is CC1(C)COc2c(OCCN)cccc21. The van der Waals surface area contributed by atoms with Gasteiger partial charge in [-0.2, -0.15) is 0 Å². The number of fused-ring (bicyclic) bond motifs is 1. The third-order valence-corrected chi connectivity index (χ3v) is 2.66. The zero-order valence-corrected chi connectivity index (χ0v) is 9.25. The zero-order chi connectivity index (χ0) is 10.9. The van der Waals surface area contributed by atoms with Crippen LogP contribution in [0.15, 0.2) is 18.2 Å². The van der Waals surface area contributed by atoms with Crippen LogP contribution in [-0.4, -0.2) is 19.8 Å². The van der Waals surface area contributed by atoms with Crippen LogP contribution in [0.5, 0.6) is 11.5 Å². The quantitative estimate of drug-likeness (QED) is 0.820. The number of para-hydroxylation sites is 1. The Hall–Kier alpha value is -1.22. The van der Waals surface area contributed by atoms with Crippen molar-refractivity contribution in [1.82, 2.24) is 0 Å². The van der Waals surface area contributed by atoms with E-state index in [-0.39, 0.29) is 5.41 Å². The molecule has 1 aromatic carbocycles. The molecule has 1 aliphatic heterocycles. The van der Waals surface area contributed by atoms with Crippen LogP contribution in [0.1, 0.15) is 19.4 Å². The van der Waals surface area contributed by atoms with Crippen molar-refractivity contribution in [2.24, 2.45) is 5.73 Å². The third-order valence-electron chi connectivity index (χ3n) is 2.66. The summed E-state index contributed by atoms with van der Waals surface area (Å²) >= 11 is 0. The Morgan fingerprint density at radius 1 is 1.47 bits per heavy atom. The number of hydrogen-bond donors (Lipinski definition) is 1. The summed E-state index contributed by atoms with van der Waals surface area (Å²) in [6.07, 6.45) is 0. The molecule has 0 saturated carbocycles. The molecule has 0 saturated heterocycles. The summed E-state index contributed by atoms with van der Waals surface area (Å²) in [5.74, 6) is 1.69. The molecule has 82 valence electrons. The molecule has 3 nitrogen and oxygen atoms in total. The van der Waals surface area contributed by atoms with E-state index < -0.39 is 0 Å². The number of benzene rings is 1. The fourth-order valence-corrected chi connectivity index (χ4v) is 1.81. The van der Waals surface area contributed by atoms with E-state index in [1.807, 2.05) is 12.1 Å². The zero-order valence-electron chi connectivity index (χ0n) is 9.25. The second kappa shape index (κ2) is 3.74. The van der Waals surface area contributed by atoms with E-state index >= 15 is 0 Å². The highest BCUT2D eigenvalue weighted by Gasteiger charge is 2.33. The maximum Gasteiger partial charge on any atom is 0.165 e. The molecule has 1 aromatic rings. The topological polar surface area (TPSA) is 44.5 Å². The van der Waals surface area contributed by atoms with Crippen LogP contribution in [0.4, 0.5) is 0 Å². The second-order valence-electron chi connectivity index (χ2n) is 4.44. The van der Waals surface area contributed by atoms with Crippen LogP contribution < -0.4 is 15.2 Å². The Labute approximate surface area is 90.2 Å². The Bertz CT molecular complexity index is 361. The van der Waals surface area contributed by atoms with Gasteiger partial charge in [-0.1, -0.05) is 26.0 Å². The minimum absolute atomic E-state index is 0.0808. The van der Waals surface area contributed by atoms with Crippen LogP contribution in [0, 0.1) is 0 Å². The van der Waals surface area contributed by atoms with Crippen molar-refractivity contribution >= 4 is 0 Å². The summed E-state index contributed by atoms with van der Waals surface area (Å²) < 4.78 is 11.2. The van der Waals surface area contributed by atoms with Gasteiger partial charge in [-0.15, -0.1) is 0 Å². The van der Waals surface area contributed by atoms with Crippen molar-refractivity contribution in [3.05, 3.63) is 23.8 Å². The first-order valence-corrected chi connectivity index (χ1v) is 5.24.